The molecule has 1 atom stereocenters. The first-order valence-electron chi connectivity index (χ1n) is 5.43. The lowest BCUT2D eigenvalue weighted by molar-refractivity contribution is 0.101. The second kappa shape index (κ2) is 5.42. The molecule has 0 aliphatic carbocycles. The van der Waals surface area contributed by atoms with Crippen LogP contribution < -0.4 is 0 Å². The fraction of sp³-hybridized carbons (Fsp3) is 0.417. The number of hydrogen-bond acceptors (Lipinski definition) is 3. The van der Waals surface area contributed by atoms with Crippen LogP contribution in [0.5, 0.6) is 0 Å². The molecule has 1 rings (SSSR count). The predicted octanol–water partition coefficient (Wildman–Crippen LogP) is 2.62. The zero-order chi connectivity index (χ0) is 13.1. The van der Waals surface area contributed by atoms with Gasteiger partial charge in [0.15, 0.2) is 5.78 Å². The zero-order valence-corrected chi connectivity index (χ0v) is 10.7. The van der Waals surface area contributed by atoms with E-state index in [1.165, 1.54) is 13.0 Å². The third-order valence-corrected chi connectivity index (χ3v) is 3.80. The van der Waals surface area contributed by atoms with Crippen molar-refractivity contribution in [2.24, 2.45) is 0 Å². The number of rotatable bonds is 5. The van der Waals surface area contributed by atoms with Crippen LogP contribution in [-0.4, -0.2) is 18.8 Å². The molecule has 0 saturated carbocycles. The Bertz CT molecular complexity index is 505. The van der Waals surface area contributed by atoms with Crippen LogP contribution >= 0.6 is 0 Å². The SMILES string of the molecule is CCCC(c1cccc(C(C)=O)c1)S(=O)(=O)O. The van der Waals surface area contributed by atoms with Gasteiger partial charge in [-0.05, 0) is 25.0 Å². The molecule has 0 spiro atoms. The molecule has 4 nitrogen and oxygen atoms in total. The van der Waals surface area contributed by atoms with E-state index in [1.54, 1.807) is 18.2 Å². The second-order valence-corrected chi connectivity index (χ2v) is 5.57. The van der Waals surface area contributed by atoms with Crippen molar-refractivity contribution in [1.29, 1.82) is 0 Å². The van der Waals surface area contributed by atoms with Crippen molar-refractivity contribution >= 4 is 15.9 Å². The predicted molar refractivity (Wildman–Crippen MR) is 65.6 cm³/mol. The standard InChI is InChI=1S/C12H16O4S/c1-3-5-12(17(14,15)16)11-7-4-6-10(8-11)9(2)13/h4,6-8,12H,3,5H2,1-2H3,(H,14,15,16). The summed E-state index contributed by atoms with van der Waals surface area (Å²) in [7, 11) is -4.13. The van der Waals surface area contributed by atoms with E-state index in [0.29, 0.717) is 24.0 Å². The Morgan fingerprint density at radius 1 is 1.41 bits per heavy atom. The first-order chi connectivity index (χ1) is 7.86. The van der Waals surface area contributed by atoms with Crippen molar-refractivity contribution in [3.63, 3.8) is 0 Å². The van der Waals surface area contributed by atoms with Crippen LogP contribution in [0, 0.1) is 0 Å². The molecule has 1 aromatic carbocycles. The van der Waals surface area contributed by atoms with E-state index in [1.807, 2.05) is 6.92 Å². The summed E-state index contributed by atoms with van der Waals surface area (Å²) < 4.78 is 31.7. The van der Waals surface area contributed by atoms with Gasteiger partial charge in [0.25, 0.3) is 10.1 Å². The summed E-state index contributed by atoms with van der Waals surface area (Å²) in [5.41, 5.74) is 0.911. The van der Waals surface area contributed by atoms with Crippen molar-refractivity contribution < 1.29 is 17.8 Å². The summed E-state index contributed by atoms with van der Waals surface area (Å²) in [4.78, 5) is 11.2. The van der Waals surface area contributed by atoms with E-state index in [9.17, 15) is 17.8 Å². The van der Waals surface area contributed by atoms with E-state index < -0.39 is 15.4 Å². The van der Waals surface area contributed by atoms with Crippen molar-refractivity contribution in [2.45, 2.75) is 31.9 Å². The van der Waals surface area contributed by atoms with Crippen molar-refractivity contribution in [3.05, 3.63) is 35.4 Å². The lowest BCUT2D eigenvalue weighted by atomic mass is 10.0. The monoisotopic (exact) mass is 256 g/mol. The normalized spacial score (nSPS) is 13.4. The molecule has 0 saturated heterocycles. The van der Waals surface area contributed by atoms with E-state index in [0.717, 1.165) is 0 Å². The second-order valence-electron chi connectivity index (χ2n) is 3.97. The summed E-state index contributed by atoms with van der Waals surface area (Å²) in [5, 5.41) is -0.952. The molecular formula is C12H16O4S. The molecular weight excluding hydrogens is 240 g/mol. The highest BCUT2D eigenvalue weighted by atomic mass is 32.2. The number of carbonyl (C=O) groups is 1. The van der Waals surface area contributed by atoms with Crippen LogP contribution in [0.1, 0.15) is 47.9 Å². The molecule has 94 valence electrons. The van der Waals surface area contributed by atoms with Gasteiger partial charge in [-0.1, -0.05) is 31.5 Å². The summed E-state index contributed by atoms with van der Waals surface area (Å²) >= 11 is 0. The molecule has 0 fully saturated rings. The number of Topliss-reactive ketones (excluding diaryl/α,β-unsaturated/α-hetero) is 1. The molecule has 0 aromatic heterocycles. The third-order valence-electron chi connectivity index (χ3n) is 2.58. The lowest BCUT2D eigenvalue weighted by Crippen LogP contribution is -2.12. The first kappa shape index (κ1) is 13.9. The van der Waals surface area contributed by atoms with Gasteiger partial charge in [-0.15, -0.1) is 0 Å². The van der Waals surface area contributed by atoms with E-state index >= 15 is 0 Å². The zero-order valence-electron chi connectivity index (χ0n) is 9.88. The molecule has 1 aromatic rings. The molecule has 0 radical (unpaired) electrons. The van der Waals surface area contributed by atoms with Gasteiger partial charge < -0.3 is 0 Å². The molecule has 1 N–H and O–H groups in total. The summed E-state index contributed by atoms with van der Waals surface area (Å²) in [5.74, 6) is -0.127. The first-order valence-corrected chi connectivity index (χ1v) is 6.93. The smallest absolute Gasteiger partial charge is 0.271 e. The Hall–Kier alpha value is -1.20. The third kappa shape index (κ3) is 3.64. The Morgan fingerprint density at radius 2 is 2.06 bits per heavy atom. The molecule has 0 aliphatic rings. The minimum absolute atomic E-state index is 0.127. The maximum atomic E-state index is 11.3. The van der Waals surface area contributed by atoms with E-state index in [2.05, 4.69) is 0 Å². The topological polar surface area (TPSA) is 71.4 Å². The lowest BCUT2D eigenvalue weighted by Gasteiger charge is -2.13. The molecule has 0 bridgehead atoms. The summed E-state index contributed by atoms with van der Waals surface area (Å²) in [6.45, 7) is 3.26. The van der Waals surface area contributed by atoms with Crippen LogP contribution in [0.2, 0.25) is 0 Å². The van der Waals surface area contributed by atoms with Gasteiger partial charge in [0.1, 0.15) is 5.25 Å². The molecule has 0 aliphatic heterocycles. The van der Waals surface area contributed by atoms with Crippen molar-refractivity contribution in [3.8, 4) is 0 Å². The molecule has 1 unspecified atom stereocenters. The fourth-order valence-electron chi connectivity index (χ4n) is 1.71. The Balaban J connectivity index is 3.19. The van der Waals surface area contributed by atoms with Crippen molar-refractivity contribution in [2.75, 3.05) is 0 Å². The number of benzene rings is 1. The van der Waals surface area contributed by atoms with Gasteiger partial charge in [0, 0.05) is 5.56 Å². The molecule has 17 heavy (non-hydrogen) atoms. The van der Waals surface area contributed by atoms with Crippen LogP contribution in [0.4, 0.5) is 0 Å². The van der Waals surface area contributed by atoms with Crippen LogP contribution in [0.3, 0.4) is 0 Å². The average Bonchev–Trinajstić information content (AvgIpc) is 2.24. The highest BCUT2D eigenvalue weighted by Gasteiger charge is 2.24. The number of carbonyl (C=O) groups excluding carboxylic acids is 1. The van der Waals surface area contributed by atoms with Crippen LogP contribution in [-0.2, 0) is 10.1 Å². The summed E-state index contributed by atoms with van der Waals surface area (Å²) in [6.07, 6.45) is 0.967. The highest BCUT2D eigenvalue weighted by molar-refractivity contribution is 7.86. The van der Waals surface area contributed by atoms with E-state index in [-0.39, 0.29) is 5.78 Å². The molecule has 0 amide bonds. The maximum Gasteiger partial charge on any atom is 0.271 e. The average molecular weight is 256 g/mol. The Labute approximate surface area is 101 Å². The number of hydrogen-bond donors (Lipinski definition) is 1. The van der Waals surface area contributed by atoms with Gasteiger partial charge in [0.05, 0.1) is 0 Å². The minimum atomic E-state index is -4.13. The van der Waals surface area contributed by atoms with E-state index in [4.69, 9.17) is 0 Å². The van der Waals surface area contributed by atoms with Gasteiger partial charge in [-0.25, -0.2) is 0 Å². The van der Waals surface area contributed by atoms with Gasteiger partial charge >= 0.3 is 0 Å². The van der Waals surface area contributed by atoms with Gasteiger partial charge in [-0.3, -0.25) is 9.35 Å². The Morgan fingerprint density at radius 3 is 2.53 bits per heavy atom. The molecule has 5 heteroatoms. The van der Waals surface area contributed by atoms with Gasteiger partial charge in [-0.2, -0.15) is 8.42 Å². The number of ketones is 1. The van der Waals surface area contributed by atoms with Gasteiger partial charge in [0.2, 0.25) is 0 Å². The molecule has 0 heterocycles. The van der Waals surface area contributed by atoms with Crippen LogP contribution in [0.25, 0.3) is 0 Å². The maximum absolute atomic E-state index is 11.3. The quantitative estimate of drug-likeness (QED) is 0.649. The largest absolute Gasteiger partial charge is 0.295 e. The van der Waals surface area contributed by atoms with Crippen molar-refractivity contribution in [1.82, 2.24) is 0 Å². The fourth-order valence-corrected chi connectivity index (χ4v) is 2.73. The minimum Gasteiger partial charge on any atom is -0.295 e. The Kier molecular flexibility index (Phi) is 4.42. The highest BCUT2D eigenvalue weighted by Crippen LogP contribution is 2.27. The summed E-state index contributed by atoms with van der Waals surface area (Å²) in [6, 6.07) is 6.38. The van der Waals surface area contributed by atoms with Crippen LogP contribution in [0.15, 0.2) is 24.3 Å².